The van der Waals surface area contributed by atoms with Crippen molar-refractivity contribution in [3.05, 3.63) is 21.4 Å². The minimum absolute atomic E-state index is 0.0485. The zero-order valence-corrected chi connectivity index (χ0v) is 14.8. The lowest BCUT2D eigenvalue weighted by Crippen LogP contribution is -2.49. The molecule has 1 unspecified atom stereocenters. The number of ether oxygens (including phenoxy) is 1. The first kappa shape index (κ1) is 16.1. The molecule has 0 spiro atoms. The summed E-state index contributed by atoms with van der Waals surface area (Å²) in [7, 11) is 0. The van der Waals surface area contributed by atoms with Crippen molar-refractivity contribution in [2.24, 2.45) is 5.92 Å². The van der Waals surface area contributed by atoms with Crippen molar-refractivity contribution >= 4 is 23.2 Å². The summed E-state index contributed by atoms with van der Waals surface area (Å²) in [5.74, 6) is 0.269. The Bertz CT molecular complexity index is 615. The van der Waals surface area contributed by atoms with Crippen LogP contribution in [0.15, 0.2) is 6.07 Å². The summed E-state index contributed by atoms with van der Waals surface area (Å²) in [4.78, 5) is 31.6. The van der Waals surface area contributed by atoms with Crippen molar-refractivity contribution in [1.29, 1.82) is 0 Å². The maximum atomic E-state index is 12.8. The fourth-order valence-electron chi connectivity index (χ4n) is 4.00. The second kappa shape index (κ2) is 6.84. The number of likely N-dealkylation sites (tertiary alicyclic amines) is 1. The molecule has 1 aliphatic carbocycles. The number of hydrogen-bond acceptors (Lipinski definition) is 4. The fourth-order valence-corrected chi connectivity index (χ4v) is 5.22. The molecule has 24 heavy (non-hydrogen) atoms. The maximum Gasteiger partial charge on any atom is 0.263 e. The Morgan fingerprint density at radius 3 is 2.71 bits per heavy atom. The third-order valence-corrected chi connectivity index (χ3v) is 6.56. The summed E-state index contributed by atoms with van der Waals surface area (Å²) in [6, 6.07) is 2.09. The van der Waals surface area contributed by atoms with E-state index < -0.39 is 0 Å². The van der Waals surface area contributed by atoms with Crippen molar-refractivity contribution in [2.45, 2.75) is 32.1 Å². The Hall–Kier alpha value is -1.40. The lowest BCUT2D eigenvalue weighted by atomic mass is 9.96. The van der Waals surface area contributed by atoms with Gasteiger partial charge in [0.2, 0.25) is 5.91 Å². The number of carbonyl (C=O) groups is 2. The molecule has 0 aromatic carbocycles. The largest absolute Gasteiger partial charge is 0.378 e. The molecule has 2 fully saturated rings. The predicted molar refractivity (Wildman–Crippen MR) is 92.4 cm³/mol. The van der Waals surface area contributed by atoms with E-state index in [0.29, 0.717) is 32.8 Å². The highest BCUT2D eigenvalue weighted by atomic mass is 32.1. The molecule has 4 rings (SSSR count). The van der Waals surface area contributed by atoms with E-state index in [1.807, 2.05) is 9.80 Å². The number of morpholine rings is 1. The number of amides is 2. The third-order valence-electron chi connectivity index (χ3n) is 5.34. The van der Waals surface area contributed by atoms with Crippen LogP contribution in [0.5, 0.6) is 0 Å². The Kier molecular flexibility index (Phi) is 4.59. The van der Waals surface area contributed by atoms with E-state index in [0.717, 1.165) is 37.1 Å². The van der Waals surface area contributed by atoms with Crippen molar-refractivity contribution in [2.75, 3.05) is 39.4 Å². The van der Waals surface area contributed by atoms with Gasteiger partial charge in [0.05, 0.1) is 24.0 Å². The maximum absolute atomic E-state index is 12.8. The number of fused-ring (bicyclic) bond motifs is 1. The molecule has 2 amide bonds. The van der Waals surface area contributed by atoms with Crippen LogP contribution in [0.4, 0.5) is 0 Å². The van der Waals surface area contributed by atoms with E-state index in [4.69, 9.17) is 4.74 Å². The second-order valence-corrected chi connectivity index (χ2v) is 8.08. The molecule has 0 bridgehead atoms. The smallest absolute Gasteiger partial charge is 0.263 e. The zero-order chi connectivity index (χ0) is 16.5. The molecule has 6 heteroatoms. The Labute approximate surface area is 146 Å². The Balaban J connectivity index is 1.42. The molecule has 3 aliphatic rings. The highest BCUT2D eigenvalue weighted by Gasteiger charge is 2.33. The first-order chi connectivity index (χ1) is 11.7. The fraction of sp³-hybridized carbons (Fsp3) is 0.667. The van der Waals surface area contributed by atoms with Crippen LogP contribution in [0.3, 0.4) is 0 Å². The van der Waals surface area contributed by atoms with Crippen LogP contribution >= 0.6 is 11.3 Å². The van der Waals surface area contributed by atoms with Gasteiger partial charge in [-0.3, -0.25) is 9.59 Å². The summed E-state index contributed by atoms with van der Waals surface area (Å²) >= 11 is 1.66. The Morgan fingerprint density at radius 1 is 1.08 bits per heavy atom. The van der Waals surface area contributed by atoms with E-state index in [1.165, 1.54) is 16.9 Å². The van der Waals surface area contributed by atoms with Gasteiger partial charge in [0.15, 0.2) is 0 Å². The van der Waals surface area contributed by atoms with Crippen LogP contribution in [0.25, 0.3) is 0 Å². The van der Waals surface area contributed by atoms with E-state index in [9.17, 15) is 9.59 Å². The van der Waals surface area contributed by atoms with Crippen LogP contribution in [-0.2, 0) is 22.4 Å². The van der Waals surface area contributed by atoms with Gasteiger partial charge in [0.25, 0.3) is 5.91 Å². The molecule has 130 valence electrons. The zero-order valence-electron chi connectivity index (χ0n) is 14.0. The van der Waals surface area contributed by atoms with Gasteiger partial charge in [-0.1, -0.05) is 0 Å². The average Bonchev–Trinajstić information content (AvgIpc) is 3.23. The predicted octanol–water partition coefficient (Wildman–Crippen LogP) is 1.95. The van der Waals surface area contributed by atoms with Gasteiger partial charge in [-0.25, -0.2) is 0 Å². The molecule has 2 aliphatic heterocycles. The minimum atomic E-state index is -0.0485. The molecule has 1 aromatic rings. The van der Waals surface area contributed by atoms with Gasteiger partial charge >= 0.3 is 0 Å². The van der Waals surface area contributed by atoms with Crippen molar-refractivity contribution in [3.8, 4) is 0 Å². The van der Waals surface area contributed by atoms with Gasteiger partial charge in [0.1, 0.15) is 0 Å². The summed E-state index contributed by atoms with van der Waals surface area (Å²) in [5, 5.41) is 0. The van der Waals surface area contributed by atoms with Crippen molar-refractivity contribution < 1.29 is 14.3 Å². The molecule has 1 atom stereocenters. The highest BCUT2D eigenvalue weighted by Crippen LogP contribution is 2.32. The van der Waals surface area contributed by atoms with E-state index in [-0.39, 0.29) is 17.7 Å². The number of thiophene rings is 1. The van der Waals surface area contributed by atoms with E-state index in [1.54, 1.807) is 11.3 Å². The first-order valence-electron chi connectivity index (χ1n) is 9.00. The standard InChI is InChI=1S/C18H24N2O3S/c21-17(19-7-9-23-10-8-19)14-4-2-6-20(12-14)18(22)16-11-13-3-1-5-15(13)24-16/h11,14H,1-10,12H2. The SMILES string of the molecule is O=C(c1cc2c(s1)CCC2)N1CCCC(C(=O)N2CCOCC2)C1. The third kappa shape index (κ3) is 3.09. The molecule has 0 radical (unpaired) electrons. The van der Waals surface area contributed by atoms with E-state index in [2.05, 4.69) is 6.07 Å². The van der Waals surface area contributed by atoms with Crippen LogP contribution < -0.4 is 0 Å². The summed E-state index contributed by atoms with van der Waals surface area (Å²) < 4.78 is 5.33. The van der Waals surface area contributed by atoms with Crippen LogP contribution in [0, 0.1) is 5.92 Å². The molecule has 2 saturated heterocycles. The number of piperidine rings is 1. The molecule has 5 nitrogen and oxygen atoms in total. The number of rotatable bonds is 2. The number of carbonyl (C=O) groups excluding carboxylic acids is 2. The average molecular weight is 348 g/mol. The molecular formula is C18H24N2O3S. The first-order valence-corrected chi connectivity index (χ1v) is 9.81. The topological polar surface area (TPSA) is 49.9 Å². The number of hydrogen-bond donors (Lipinski definition) is 0. The van der Waals surface area contributed by atoms with Gasteiger partial charge < -0.3 is 14.5 Å². The van der Waals surface area contributed by atoms with Gasteiger partial charge in [0, 0.05) is 31.1 Å². The number of nitrogens with zero attached hydrogens (tertiary/aromatic N) is 2. The molecule has 0 saturated carbocycles. The highest BCUT2D eigenvalue weighted by molar-refractivity contribution is 7.14. The van der Waals surface area contributed by atoms with Gasteiger partial charge in [-0.05, 0) is 43.7 Å². The quantitative estimate of drug-likeness (QED) is 0.821. The number of aryl methyl sites for hydroxylation is 2. The second-order valence-electron chi connectivity index (χ2n) is 6.94. The van der Waals surface area contributed by atoms with Crippen LogP contribution in [0.1, 0.15) is 39.4 Å². The van der Waals surface area contributed by atoms with Gasteiger partial charge in [-0.2, -0.15) is 0 Å². The lowest BCUT2D eigenvalue weighted by Gasteiger charge is -2.36. The summed E-state index contributed by atoms with van der Waals surface area (Å²) in [6.07, 6.45) is 5.25. The van der Waals surface area contributed by atoms with Crippen LogP contribution in [-0.4, -0.2) is 61.0 Å². The lowest BCUT2D eigenvalue weighted by molar-refractivity contribution is -0.141. The Morgan fingerprint density at radius 2 is 1.92 bits per heavy atom. The van der Waals surface area contributed by atoms with Gasteiger partial charge in [-0.15, -0.1) is 11.3 Å². The van der Waals surface area contributed by atoms with Crippen molar-refractivity contribution in [1.82, 2.24) is 9.80 Å². The molecular weight excluding hydrogens is 324 g/mol. The van der Waals surface area contributed by atoms with E-state index >= 15 is 0 Å². The summed E-state index contributed by atoms with van der Waals surface area (Å²) in [5.41, 5.74) is 1.36. The molecule has 1 aromatic heterocycles. The summed E-state index contributed by atoms with van der Waals surface area (Å²) in [6.45, 7) is 3.96. The normalized spacial score (nSPS) is 24.1. The molecule has 0 N–H and O–H groups in total. The molecule has 3 heterocycles. The van der Waals surface area contributed by atoms with Crippen molar-refractivity contribution in [3.63, 3.8) is 0 Å². The monoisotopic (exact) mass is 348 g/mol. The minimum Gasteiger partial charge on any atom is -0.378 e. The van der Waals surface area contributed by atoms with Crippen LogP contribution in [0.2, 0.25) is 0 Å².